The van der Waals surface area contributed by atoms with Gasteiger partial charge in [0.2, 0.25) is 0 Å². The number of esters is 1. The van der Waals surface area contributed by atoms with Crippen molar-refractivity contribution in [2.24, 2.45) is 5.92 Å². The molecule has 34 heavy (non-hydrogen) atoms. The van der Waals surface area contributed by atoms with Crippen LogP contribution in [0.25, 0.3) is 10.9 Å². The van der Waals surface area contributed by atoms with Crippen molar-refractivity contribution >= 4 is 23.0 Å². The number of carbonyl (C=O) groups is 2. The van der Waals surface area contributed by atoms with Crippen molar-refractivity contribution in [3.05, 3.63) is 70.9 Å². The largest absolute Gasteiger partial charge is 0.465 e. The van der Waals surface area contributed by atoms with Crippen LogP contribution in [0.4, 0.5) is 4.79 Å². The number of amides is 1. The molecule has 1 fully saturated rings. The number of likely N-dealkylation sites (tertiary alicyclic amines) is 1. The van der Waals surface area contributed by atoms with E-state index >= 15 is 0 Å². The molecule has 1 saturated heterocycles. The van der Waals surface area contributed by atoms with E-state index in [9.17, 15) is 9.59 Å². The molecule has 0 saturated carbocycles. The predicted octanol–water partition coefficient (Wildman–Crippen LogP) is 5.58. The quantitative estimate of drug-likeness (QED) is 0.464. The number of para-hydroxylation sites is 1. The first kappa shape index (κ1) is 23.9. The van der Waals surface area contributed by atoms with Gasteiger partial charge < -0.3 is 18.9 Å². The molecule has 2 aromatic carbocycles. The zero-order valence-electron chi connectivity index (χ0n) is 20.8. The van der Waals surface area contributed by atoms with Gasteiger partial charge in [0.25, 0.3) is 0 Å². The standard InChI is InChI=1S/C28H34N2O4/c1-19-24(16-20-10-12-22(13-11-20)26(31)33-5)23-8-6-7-9-25(23)30(19)18-21-14-15-29(17-21)27(32)34-28(2,3)4/h6-13,21H,14-18H2,1-5H3. The molecule has 1 aromatic heterocycles. The van der Waals surface area contributed by atoms with Crippen molar-refractivity contribution < 1.29 is 19.1 Å². The Morgan fingerprint density at radius 1 is 1.06 bits per heavy atom. The lowest BCUT2D eigenvalue weighted by atomic mass is 10.0. The summed E-state index contributed by atoms with van der Waals surface area (Å²) in [5.74, 6) is 0.0607. The number of fused-ring (bicyclic) bond motifs is 1. The van der Waals surface area contributed by atoms with E-state index in [2.05, 4.69) is 35.8 Å². The number of carbonyl (C=O) groups excluding carboxylic acids is 2. The number of rotatable bonds is 5. The van der Waals surface area contributed by atoms with Crippen LogP contribution in [0.2, 0.25) is 0 Å². The molecule has 1 aliphatic rings. The van der Waals surface area contributed by atoms with Crippen molar-refractivity contribution in [2.75, 3.05) is 20.2 Å². The van der Waals surface area contributed by atoms with E-state index in [1.807, 2.05) is 49.9 Å². The predicted molar refractivity (Wildman–Crippen MR) is 133 cm³/mol. The molecule has 0 radical (unpaired) electrons. The van der Waals surface area contributed by atoms with Crippen molar-refractivity contribution in [3.63, 3.8) is 0 Å². The molecule has 3 aromatic rings. The van der Waals surface area contributed by atoms with Gasteiger partial charge in [-0.3, -0.25) is 0 Å². The lowest BCUT2D eigenvalue weighted by Gasteiger charge is -2.24. The highest BCUT2D eigenvalue weighted by Crippen LogP contribution is 2.31. The third-order valence-electron chi connectivity index (χ3n) is 6.50. The maximum atomic E-state index is 12.5. The molecule has 1 aliphatic heterocycles. The minimum atomic E-state index is -0.480. The summed E-state index contributed by atoms with van der Waals surface area (Å²) in [4.78, 5) is 26.1. The van der Waals surface area contributed by atoms with Gasteiger partial charge in [0.15, 0.2) is 0 Å². The first-order chi connectivity index (χ1) is 16.2. The summed E-state index contributed by atoms with van der Waals surface area (Å²) in [6, 6.07) is 16.1. The third kappa shape index (κ3) is 5.11. The van der Waals surface area contributed by atoms with E-state index in [-0.39, 0.29) is 12.1 Å². The molecule has 0 aliphatic carbocycles. The number of ether oxygens (including phenoxy) is 2. The van der Waals surface area contributed by atoms with Crippen LogP contribution >= 0.6 is 0 Å². The van der Waals surface area contributed by atoms with Gasteiger partial charge in [0.05, 0.1) is 12.7 Å². The van der Waals surface area contributed by atoms with Crippen LogP contribution in [0.3, 0.4) is 0 Å². The normalized spacial score (nSPS) is 16.1. The minimum absolute atomic E-state index is 0.222. The summed E-state index contributed by atoms with van der Waals surface area (Å²) in [5.41, 5.74) is 4.98. The number of methoxy groups -OCH3 is 1. The monoisotopic (exact) mass is 462 g/mol. The Morgan fingerprint density at radius 3 is 2.44 bits per heavy atom. The first-order valence-electron chi connectivity index (χ1n) is 11.9. The number of hydrogen-bond donors (Lipinski definition) is 0. The average molecular weight is 463 g/mol. The topological polar surface area (TPSA) is 60.8 Å². The maximum Gasteiger partial charge on any atom is 0.410 e. The second-order valence-electron chi connectivity index (χ2n) is 10.1. The van der Waals surface area contributed by atoms with Gasteiger partial charge in [-0.15, -0.1) is 0 Å². The van der Waals surface area contributed by atoms with Gasteiger partial charge in [-0.2, -0.15) is 0 Å². The molecule has 2 heterocycles. The highest BCUT2D eigenvalue weighted by molar-refractivity contribution is 5.89. The summed E-state index contributed by atoms with van der Waals surface area (Å²) < 4.78 is 12.8. The fourth-order valence-corrected chi connectivity index (χ4v) is 4.77. The lowest BCUT2D eigenvalue weighted by molar-refractivity contribution is 0.0287. The van der Waals surface area contributed by atoms with Gasteiger partial charge in [0.1, 0.15) is 5.60 Å². The molecule has 0 bridgehead atoms. The molecule has 180 valence electrons. The Labute approximate surface area is 201 Å². The zero-order chi connectivity index (χ0) is 24.5. The van der Waals surface area contributed by atoms with E-state index in [0.29, 0.717) is 18.0 Å². The lowest BCUT2D eigenvalue weighted by Crippen LogP contribution is -2.35. The molecule has 0 spiro atoms. The van der Waals surface area contributed by atoms with Gasteiger partial charge in [-0.1, -0.05) is 30.3 Å². The molecular weight excluding hydrogens is 428 g/mol. The molecule has 1 amide bonds. The van der Waals surface area contributed by atoms with Gasteiger partial charge >= 0.3 is 12.1 Å². The Kier molecular flexibility index (Phi) is 6.69. The van der Waals surface area contributed by atoms with Crippen LogP contribution in [0.1, 0.15) is 54.4 Å². The summed E-state index contributed by atoms with van der Waals surface area (Å²) in [5, 5.41) is 1.25. The highest BCUT2D eigenvalue weighted by Gasteiger charge is 2.30. The minimum Gasteiger partial charge on any atom is -0.465 e. The Morgan fingerprint density at radius 2 is 1.76 bits per heavy atom. The van der Waals surface area contributed by atoms with E-state index in [1.54, 1.807) is 0 Å². The van der Waals surface area contributed by atoms with Gasteiger partial charge in [-0.25, -0.2) is 9.59 Å². The maximum absolute atomic E-state index is 12.5. The molecule has 4 rings (SSSR count). The van der Waals surface area contributed by atoms with Crippen molar-refractivity contribution in [1.29, 1.82) is 0 Å². The van der Waals surface area contributed by atoms with Crippen molar-refractivity contribution in [3.8, 4) is 0 Å². The second-order valence-corrected chi connectivity index (χ2v) is 10.1. The van der Waals surface area contributed by atoms with Crippen LogP contribution in [-0.4, -0.2) is 47.3 Å². The molecule has 1 unspecified atom stereocenters. The summed E-state index contributed by atoms with van der Waals surface area (Å²) in [7, 11) is 1.39. The fraction of sp³-hybridized carbons (Fsp3) is 0.429. The molecule has 6 heteroatoms. The van der Waals surface area contributed by atoms with Crippen LogP contribution in [0, 0.1) is 12.8 Å². The number of benzene rings is 2. The van der Waals surface area contributed by atoms with E-state index in [0.717, 1.165) is 31.5 Å². The highest BCUT2D eigenvalue weighted by atomic mass is 16.6. The van der Waals surface area contributed by atoms with Crippen molar-refractivity contribution in [2.45, 2.75) is 52.7 Å². The molecular formula is C28H34N2O4. The van der Waals surface area contributed by atoms with Crippen LogP contribution < -0.4 is 0 Å². The first-order valence-corrected chi connectivity index (χ1v) is 11.9. The van der Waals surface area contributed by atoms with Crippen LogP contribution in [0.15, 0.2) is 48.5 Å². The number of aromatic nitrogens is 1. The summed E-state index contributed by atoms with van der Waals surface area (Å²) in [6.45, 7) is 10.2. The van der Waals surface area contributed by atoms with Crippen molar-refractivity contribution in [1.82, 2.24) is 9.47 Å². The third-order valence-corrected chi connectivity index (χ3v) is 6.50. The summed E-state index contributed by atoms with van der Waals surface area (Å²) >= 11 is 0. The average Bonchev–Trinajstić information content (AvgIpc) is 3.37. The SMILES string of the molecule is COC(=O)c1ccc(Cc2c(C)n(CC3CCN(C(=O)OC(C)(C)C)C3)c3ccccc23)cc1. The van der Waals surface area contributed by atoms with Crippen LogP contribution in [-0.2, 0) is 22.4 Å². The number of nitrogens with zero attached hydrogens (tertiary/aromatic N) is 2. The second kappa shape index (κ2) is 9.53. The molecule has 0 N–H and O–H groups in total. The Balaban J connectivity index is 1.54. The van der Waals surface area contributed by atoms with Gasteiger partial charge in [-0.05, 0) is 75.8 Å². The van der Waals surface area contributed by atoms with E-state index < -0.39 is 5.60 Å². The van der Waals surface area contributed by atoms with E-state index in [4.69, 9.17) is 9.47 Å². The molecule has 1 atom stereocenters. The Bertz CT molecular complexity index is 1190. The van der Waals surface area contributed by atoms with E-state index in [1.165, 1.54) is 29.3 Å². The zero-order valence-corrected chi connectivity index (χ0v) is 20.8. The molecule has 6 nitrogen and oxygen atoms in total. The smallest absolute Gasteiger partial charge is 0.410 e. The number of hydrogen-bond acceptors (Lipinski definition) is 4. The summed E-state index contributed by atoms with van der Waals surface area (Å²) in [6.07, 6.45) is 1.53. The fourth-order valence-electron chi connectivity index (χ4n) is 4.77. The van der Waals surface area contributed by atoms with Crippen LogP contribution in [0.5, 0.6) is 0 Å². The Hall–Kier alpha value is -3.28. The van der Waals surface area contributed by atoms with Gasteiger partial charge in [0, 0.05) is 36.2 Å².